The van der Waals surface area contributed by atoms with Crippen molar-refractivity contribution in [2.24, 2.45) is 10.3 Å². The van der Waals surface area contributed by atoms with E-state index in [4.69, 9.17) is 20.2 Å². The molecule has 232 valence electrons. The molecule has 3 aromatic carbocycles. The molecule has 1 aliphatic carbocycles. The first-order chi connectivity index (χ1) is 20.4. The molecule has 6 nitrogen and oxygen atoms in total. The molecule has 0 spiro atoms. The first kappa shape index (κ1) is 33.7. The molecule has 43 heavy (non-hydrogen) atoms. The van der Waals surface area contributed by atoms with Crippen molar-refractivity contribution < 1.29 is 17.2 Å². The van der Waals surface area contributed by atoms with Crippen LogP contribution in [-0.2, 0) is 31.3 Å². The largest absolute Gasteiger partial charge is 0.559 e. The SMILES string of the molecule is CCC(CC)(O[S+]([O-])N=C(CC(C)C)C1(c2ccc(Cl)cc2)CCC1)[C@H](NS(=O)(=O)c1ccc(C)cc1)c1ccccc1. The summed E-state index contributed by atoms with van der Waals surface area (Å²) in [4.78, 5) is 0.161. The molecule has 3 aromatic rings. The van der Waals surface area contributed by atoms with Gasteiger partial charge in [-0.25, -0.2) is 13.1 Å². The van der Waals surface area contributed by atoms with Crippen molar-refractivity contribution >= 4 is 39.0 Å². The van der Waals surface area contributed by atoms with E-state index in [2.05, 4.69) is 18.6 Å². The van der Waals surface area contributed by atoms with Gasteiger partial charge in [-0.05, 0) is 84.7 Å². The zero-order valence-electron chi connectivity index (χ0n) is 25.7. The molecule has 1 unspecified atom stereocenters. The number of sulfonamides is 1. The van der Waals surface area contributed by atoms with Gasteiger partial charge in [-0.2, -0.15) is 0 Å². The van der Waals surface area contributed by atoms with Gasteiger partial charge in [0.15, 0.2) is 0 Å². The maximum absolute atomic E-state index is 14.0. The summed E-state index contributed by atoms with van der Waals surface area (Å²) in [6.07, 6.45) is 4.36. The monoisotopic (exact) mass is 642 g/mol. The smallest absolute Gasteiger partial charge is 0.271 e. The van der Waals surface area contributed by atoms with Gasteiger partial charge in [0, 0.05) is 10.4 Å². The lowest BCUT2D eigenvalue weighted by Crippen LogP contribution is -2.49. The van der Waals surface area contributed by atoms with Crippen LogP contribution in [0.3, 0.4) is 0 Å². The van der Waals surface area contributed by atoms with Crippen molar-refractivity contribution in [2.45, 2.75) is 95.1 Å². The Morgan fingerprint density at radius 3 is 2.14 bits per heavy atom. The average molecular weight is 643 g/mol. The summed E-state index contributed by atoms with van der Waals surface area (Å²) in [5.41, 5.74) is 2.20. The van der Waals surface area contributed by atoms with E-state index in [1.165, 1.54) is 0 Å². The van der Waals surface area contributed by atoms with Crippen LogP contribution in [-0.4, -0.2) is 24.3 Å². The molecular weight excluding hydrogens is 600 g/mol. The normalized spacial score (nSPS) is 17.0. The van der Waals surface area contributed by atoms with Gasteiger partial charge in [-0.1, -0.05) is 106 Å². The number of nitrogens with zero attached hydrogens (tertiary/aromatic N) is 1. The third-order valence-electron chi connectivity index (χ3n) is 8.64. The standard InChI is InChI=1S/C34H43ClN2O4S2/c1-6-34(7-2,32(27-12-9-8-10-13-27)37-43(39,40)30-20-14-26(5)15-21-30)41-42(38)36-31(24-25(3)4)33(22-11-23-33)28-16-18-29(35)19-17-28/h8-10,12-21,25,32,37H,6-7,11,22-24H2,1-5H3/t32-,42?/m1/s1. The minimum absolute atomic E-state index is 0.161. The fourth-order valence-corrected chi connectivity index (χ4v) is 8.39. The zero-order valence-corrected chi connectivity index (χ0v) is 28.1. The number of benzene rings is 3. The third-order valence-corrected chi connectivity index (χ3v) is 11.2. The lowest BCUT2D eigenvalue weighted by Gasteiger charge is -2.43. The third kappa shape index (κ3) is 7.72. The van der Waals surface area contributed by atoms with Crippen LogP contribution < -0.4 is 4.72 Å². The predicted molar refractivity (Wildman–Crippen MR) is 177 cm³/mol. The fourth-order valence-electron chi connectivity index (χ4n) is 5.89. The lowest BCUT2D eigenvalue weighted by atomic mass is 9.60. The molecule has 4 rings (SSSR count). The Balaban J connectivity index is 1.73. The van der Waals surface area contributed by atoms with E-state index in [1.807, 2.05) is 75.4 Å². The highest BCUT2D eigenvalue weighted by Crippen LogP contribution is 2.47. The van der Waals surface area contributed by atoms with E-state index in [-0.39, 0.29) is 10.3 Å². The molecule has 1 saturated carbocycles. The van der Waals surface area contributed by atoms with Gasteiger partial charge in [-0.3, -0.25) is 0 Å². The Hall–Kier alpha value is -2.20. The molecule has 2 atom stereocenters. The summed E-state index contributed by atoms with van der Waals surface area (Å²) in [5, 5.41) is 0.670. The Labute approximate surface area is 265 Å². The highest BCUT2D eigenvalue weighted by Gasteiger charge is 2.48. The quantitative estimate of drug-likeness (QED) is 0.141. The number of halogens is 1. The van der Waals surface area contributed by atoms with Crippen LogP contribution in [0.1, 0.15) is 89.0 Å². The first-order valence-electron chi connectivity index (χ1n) is 15.0. The Morgan fingerprint density at radius 1 is 1.02 bits per heavy atom. The van der Waals surface area contributed by atoms with Gasteiger partial charge < -0.3 is 4.55 Å². The zero-order chi connectivity index (χ0) is 31.3. The molecule has 1 N–H and O–H groups in total. The number of hydrogen-bond donors (Lipinski definition) is 1. The summed E-state index contributed by atoms with van der Waals surface area (Å²) >= 11 is 4.13. The van der Waals surface area contributed by atoms with Crippen LogP contribution in [0.15, 0.2) is 88.2 Å². The molecule has 0 bridgehead atoms. The summed E-state index contributed by atoms with van der Waals surface area (Å²) in [6.45, 7) is 10.0. The number of nitrogens with one attached hydrogen (secondary N) is 1. The van der Waals surface area contributed by atoms with Crippen LogP contribution >= 0.6 is 11.6 Å². The van der Waals surface area contributed by atoms with Crippen LogP contribution in [0.2, 0.25) is 5.02 Å². The molecular formula is C34H43ClN2O4S2. The summed E-state index contributed by atoms with van der Waals surface area (Å²) in [6, 6.07) is 23.1. The Bertz CT molecular complexity index is 1470. The molecule has 9 heteroatoms. The maximum Gasteiger partial charge on any atom is 0.271 e. The van der Waals surface area contributed by atoms with Gasteiger partial charge >= 0.3 is 0 Å². The Morgan fingerprint density at radius 2 is 1.63 bits per heavy atom. The second kappa shape index (κ2) is 14.3. The molecule has 0 saturated heterocycles. The number of aryl methyl sites for hydroxylation is 1. The number of hydrogen-bond acceptors (Lipinski definition) is 5. The molecule has 0 amide bonds. The van der Waals surface area contributed by atoms with Gasteiger partial charge in [0.1, 0.15) is 5.60 Å². The van der Waals surface area contributed by atoms with Crippen molar-refractivity contribution in [3.8, 4) is 0 Å². The van der Waals surface area contributed by atoms with Gasteiger partial charge in [0.05, 0.1) is 16.6 Å². The summed E-state index contributed by atoms with van der Waals surface area (Å²) in [5.74, 6) is 0.293. The van der Waals surface area contributed by atoms with Gasteiger partial charge in [0.25, 0.3) is 11.6 Å². The van der Waals surface area contributed by atoms with E-state index in [9.17, 15) is 13.0 Å². The minimum Gasteiger partial charge on any atom is -0.559 e. The van der Waals surface area contributed by atoms with Crippen molar-refractivity contribution in [3.05, 3.63) is 101 Å². The molecule has 1 aliphatic rings. The van der Waals surface area contributed by atoms with E-state index in [0.717, 1.165) is 41.7 Å². The van der Waals surface area contributed by atoms with Crippen molar-refractivity contribution in [3.63, 3.8) is 0 Å². The van der Waals surface area contributed by atoms with Crippen molar-refractivity contribution in [2.75, 3.05) is 0 Å². The van der Waals surface area contributed by atoms with Crippen molar-refractivity contribution in [1.82, 2.24) is 4.72 Å². The van der Waals surface area contributed by atoms with Crippen LogP contribution in [0, 0.1) is 12.8 Å². The average Bonchev–Trinajstić information content (AvgIpc) is 2.95. The van der Waals surface area contributed by atoms with Crippen LogP contribution in [0.4, 0.5) is 0 Å². The highest BCUT2D eigenvalue weighted by atomic mass is 35.5. The fraction of sp³-hybridized carbons (Fsp3) is 0.441. The summed E-state index contributed by atoms with van der Waals surface area (Å²) in [7, 11) is -3.94. The lowest BCUT2D eigenvalue weighted by molar-refractivity contribution is 0.0336. The Kier molecular flexibility index (Phi) is 11.2. The van der Waals surface area contributed by atoms with E-state index in [0.29, 0.717) is 30.2 Å². The molecule has 0 radical (unpaired) electrons. The number of rotatable bonds is 14. The van der Waals surface area contributed by atoms with E-state index < -0.39 is 33.3 Å². The molecule has 0 aromatic heterocycles. The van der Waals surface area contributed by atoms with E-state index in [1.54, 1.807) is 24.3 Å². The summed E-state index contributed by atoms with van der Waals surface area (Å²) < 4.78 is 55.4. The second-order valence-corrected chi connectivity index (χ2v) is 14.9. The predicted octanol–water partition coefficient (Wildman–Crippen LogP) is 8.43. The minimum atomic E-state index is -3.94. The molecule has 1 fully saturated rings. The van der Waals surface area contributed by atoms with Crippen molar-refractivity contribution in [1.29, 1.82) is 0 Å². The molecule has 0 aliphatic heterocycles. The molecule has 0 heterocycles. The first-order valence-corrected chi connectivity index (χ1v) is 17.9. The highest BCUT2D eigenvalue weighted by molar-refractivity contribution is 7.89. The van der Waals surface area contributed by atoms with Gasteiger partial charge in [0.2, 0.25) is 10.0 Å². The van der Waals surface area contributed by atoms with Crippen LogP contribution in [0.25, 0.3) is 0 Å². The maximum atomic E-state index is 14.0. The van der Waals surface area contributed by atoms with E-state index >= 15 is 0 Å². The second-order valence-electron chi connectivity index (χ2n) is 11.9. The van der Waals surface area contributed by atoms with Gasteiger partial charge in [-0.15, -0.1) is 4.18 Å². The van der Waals surface area contributed by atoms with Crippen LogP contribution in [0.5, 0.6) is 0 Å². The topological polar surface area (TPSA) is 90.8 Å².